The lowest BCUT2D eigenvalue weighted by molar-refractivity contribution is -0.118. The van der Waals surface area contributed by atoms with Gasteiger partial charge in [0.05, 0.1) is 10.6 Å². The fourth-order valence-electron chi connectivity index (χ4n) is 3.66. The minimum Gasteiger partial charge on any atom is -0.483 e. The first kappa shape index (κ1) is 22.4. The van der Waals surface area contributed by atoms with Crippen molar-refractivity contribution in [1.82, 2.24) is 9.29 Å². The molecule has 1 amide bonds. The lowest BCUT2D eigenvalue weighted by Crippen LogP contribution is -2.27. The van der Waals surface area contributed by atoms with Crippen molar-refractivity contribution in [3.05, 3.63) is 59.0 Å². The van der Waals surface area contributed by atoms with Crippen molar-refractivity contribution >= 4 is 32.4 Å². The number of nitrogens with one attached hydrogen (secondary N) is 1. The van der Waals surface area contributed by atoms with Gasteiger partial charge in [0, 0.05) is 24.0 Å². The van der Waals surface area contributed by atoms with E-state index in [2.05, 4.69) is 10.3 Å². The number of ether oxygens (including phenoxy) is 1. The summed E-state index contributed by atoms with van der Waals surface area (Å²) in [7, 11) is -3.44. The van der Waals surface area contributed by atoms with Crippen LogP contribution in [-0.2, 0) is 14.8 Å². The number of aromatic nitrogens is 1. The molecule has 1 saturated heterocycles. The van der Waals surface area contributed by atoms with Crippen LogP contribution in [0.4, 0.5) is 5.13 Å². The molecule has 0 radical (unpaired) electrons. The van der Waals surface area contributed by atoms with Crippen LogP contribution in [0.15, 0.2) is 52.7 Å². The number of rotatable bonds is 7. The second kappa shape index (κ2) is 9.40. The molecule has 9 heteroatoms. The Bertz CT molecular complexity index is 1190. The van der Waals surface area contributed by atoms with Gasteiger partial charge in [-0.05, 0) is 49.9 Å². The zero-order valence-electron chi connectivity index (χ0n) is 18.0. The highest BCUT2D eigenvalue weighted by atomic mass is 32.2. The first-order chi connectivity index (χ1) is 15.3. The van der Waals surface area contributed by atoms with Crippen LogP contribution in [-0.4, -0.2) is 43.3 Å². The molecule has 0 atom stereocenters. The van der Waals surface area contributed by atoms with Gasteiger partial charge in [0.25, 0.3) is 5.91 Å². The molecule has 0 bridgehead atoms. The number of thiazole rings is 1. The fraction of sp³-hybridized carbons (Fsp3) is 0.304. The van der Waals surface area contributed by atoms with Gasteiger partial charge < -0.3 is 4.74 Å². The minimum absolute atomic E-state index is 0.107. The molecule has 0 saturated carbocycles. The summed E-state index contributed by atoms with van der Waals surface area (Å²) in [5.41, 5.74) is 3.41. The second-order valence-electron chi connectivity index (χ2n) is 7.73. The van der Waals surface area contributed by atoms with E-state index in [0.29, 0.717) is 29.7 Å². The molecule has 32 heavy (non-hydrogen) atoms. The van der Waals surface area contributed by atoms with Crippen molar-refractivity contribution < 1.29 is 17.9 Å². The van der Waals surface area contributed by atoms with Crippen molar-refractivity contribution in [3.63, 3.8) is 0 Å². The van der Waals surface area contributed by atoms with Gasteiger partial charge in [0.15, 0.2) is 11.7 Å². The second-order valence-corrected chi connectivity index (χ2v) is 10.5. The molecule has 1 aliphatic heterocycles. The summed E-state index contributed by atoms with van der Waals surface area (Å²) >= 11 is 1.31. The van der Waals surface area contributed by atoms with Gasteiger partial charge in [-0.15, -0.1) is 11.3 Å². The maximum absolute atomic E-state index is 12.7. The number of para-hydroxylation sites is 1. The highest BCUT2D eigenvalue weighted by molar-refractivity contribution is 7.89. The molecule has 0 spiro atoms. The van der Waals surface area contributed by atoms with E-state index in [1.165, 1.54) is 15.6 Å². The molecular formula is C23H25N3O4S2. The van der Waals surface area contributed by atoms with E-state index < -0.39 is 10.0 Å². The average Bonchev–Trinajstić information content (AvgIpc) is 3.46. The number of benzene rings is 2. The zero-order valence-corrected chi connectivity index (χ0v) is 19.6. The van der Waals surface area contributed by atoms with Crippen LogP contribution in [0.5, 0.6) is 5.75 Å². The van der Waals surface area contributed by atoms with Gasteiger partial charge in [-0.1, -0.05) is 30.3 Å². The van der Waals surface area contributed by atoms with Crippen LogP contribution in [0.2, 0.25) is 0 Å². The summed E-state index contributed by atoms with van der Waals surface area (Å²) in [4.78, 5) is 17.0. The smallest absolute Gasteiger partial charge is 0.264 e. The Kier molecular flexibility index (Phi) is 6.59. The molecule has 1 N–H and O–H groups in total. The van der Waals surface area contributed by atoms with Gasteiger partial charge in [0.2, 0.25) is 10.0 Å². The fourth-order valence-corrected chi connectivity index (χ4v) is 5.91. The third kappa shape index (κ3) is 4.85. The number of anilines is 1. The van der Waals surface area contributed by atoms with E-state index in [9.17, 15) is 13.2 Å². The van der Waals surface area contributed by atoms with Crippen molar-refractivity contribution in [3.8, 4) is 17.0 Å². The lowest BCUT2D eigenvalue weighted by Gasteiger charge is -2.15. The van der Waals surface area contributed by atoms with E-state index in [-0.39, 0.29) is 17.4 Å². The SMILES string of the molecule is Cc1cccc(C)c1OCC(=O)Nc1nc(-c2ccc(S(=O)(=O)N3CCCC3)cc2)cs1. The first-order valence-corrected chi connectivity index (χ1v) is 12.7. The number of aryl methyl sites for hydroxylation is 2. The van der Waals surface area contributed by atoms with Gasteiger partial charge in [-0.25, -0.2) is 13.4 Å². The average molecular weight is 472 g/mol. The molecule has 7 nitrogen and oxygen atoms in total. The van der Waals surface area contributed by atoms with Crippen molar-refractivity contribution in [2.24, 2.45) is 0 Å². The van der Waals surface area contributed by atoms with Gasteiger partial charge in [-0.3, -0.25) is 10.1 Å². The third-order valence-electron chi connectivity index (χ3n) is 5.36. The summed E-state index contributed by atoms with van der Waals surface area (Å²) in [6.07, 6.45) is 1.81. The quantitative estimate of drug-likeness (QED) is 0.557. The summed E-state index contributed by atoms with van der Waals surface area (Å²) in [6.45, 7) is 4.92. The molecular weight excluding hydrogens is 446 g/mol. The number of hydrogen-bond acceptors (Lipinski definition) is 6. The third-order valence-corrected chi connectivity index (χ3v) is 8.03. The highest BCUT2D eigenvalue weighted by Gasteiger charge is 2.27. The molecule has 2 heterocycles. The molecule has 0 unspecified atom stereocenters. The number of carbonyl (C=O) groups excluding carboxylic acids is 1. The highest BCUT2D eigenvalue weighted by Crippen LogP contribution is 2.28. The van der Waals surface area contributed by atoms with Crippen LogP contribution in [0.25, 0.3) is 11.3 Å². The maximum Gasteiger partial charge on any atom is 0.264 e. The van der Waals surface area contributed by atoms with Crippen LogP contribution in [0, 0.1) is 13.8 Å². The molecule has 168 valence electrons. The Labute approximate surface area is 192 Å². The minimum atomic E-state index is -3.44. The zero-order chi connectivity index (χ0) is 22.7. The van der Waals surface area contributed by atoms with Crippen molar-refractivity contribution in [2.45, 2.75) is 31.6 Å². The molecule has 1 aromatic heterocycles. The van der Waals surface area contributed by atoms with Crippen LogP contribution in [0.1, 0.15) is 24.0 Å². The van der Waals surface area contributed by atoms with E-state index in [1.54, 1.807) is 24.3 Å². The predicted octanol–water partition coefficient (Wildman–Crippen LogP) is 4.23. The topological polar surface area (TPSA) is 88.6 Å². The molecule has 1 fully saturated rings. The van der Waals surface area contributed by atoms with Gasteiger partial charge >= 0.3 is 0 Å². The lowest BCUT2D eigenvalue weighted by atomic mass is 10.1. The Morgan fingerprint density at radius 2 is 1.75 bits per heavy atom. The Balaban J connectivity index is 1.38. The van der Waals surface area contributed by atoms with E-state index in [1.807, 2.05) is 37.4 Å². The summed E-state index contributed by atoms with van der Waals surface area (Å²) in [6, 6.07) is 12.5. The number of hydrogen-bond donors (Lipinski definition) is 1. The largest absolute Gasteiger partial charge is 0.483 e. The molecule has 2 aromatic carbocycles. The predicted molar refractivity (Wildman–Crippen MR) is 126 cm³/mol. The molecule has 3 aromatic rings. The normalized spacial score (nSPS) is 14.4. The molecule has 4 rings (SSSR count). The van der Waals surface area contributed by atoms with E-state index in [4.69, 9.17) is 4.74 Å². The summed E-state index contributed by atoms with van der Waals surface area (Å²) in [5, 5.41) is 5.04. The molecule has 0 aliphatic carbocycles. The van der Waals surface area contributed by atoms with Crippen LogP contribution < -0.4 is 10.1 Å². The monoisotopic (exact) mass is 471 g/mol. The van der Waals surface area contributed by atoms with Gasteiger partial charge in [-0.2, -0.15) is 4.31 Å². The Morgan fingerprint density at radius 3 is 2.41 bits per heavy atom. The summed E-state index contributed by atoms with van der Waals surface area (Å²) < 4.78 is 32.5. The number of nitrogens with zero attached hydrogens (tertiary/aromatic N) is 2. The van der Waals surface area contributed by atoms with Gasteiger partial charge in [0.1, 0.15) is 5.75 Å². The van der Waals surface area contributed by atoms with Crippen LogP contribution >= 0.6 is 11.3 Å². The number of carbonyl (C=O) groups is 1. The van der Waals surface area contributed by atoms with Crippen molar-refractivity contribution in [2.75, 3.05) is 25.0 Å². The first-order valence-electron chi connectivity index (χ1n) is 10.4. The summed E-state index contributed by atoms with van der Waals surface area (Å²) in [5.74, 6) is 0.423. The van der Waals surface area contributed by atoms with E-state index in [0.717, 1.165) is 29.5 Å². The van der Waals surface area contributed by atoms with Crippen molar-refractivity contribution in [1.29, 1.82) is 0 Å². The number of sulfonamides is 1. The van der Waals surface area contributed by atoms with Crippen LogP contribution in [0.3, 0.4) is 0 Å². The Morgan fingerprint density at radius 1 is 1.09 bits per heavy atom. The maximum atomic E-state index is 12.7. The Hall–Kier alpha value is -2.75. The number of amides is 1. The van der Waals surface area contributed by atoms with E-state index >= 15 is 0 Å². The standard InChI is InChI=1S/C23H25N3O4S2/c1-16-6-5-7-17(2)22(16)30-14-21(27)25-23-24-20(15-31-23)18-8-10-19(11-9-18)32(28,29)26-12-3-4-13-26/h5-11,15H,3-4,12-14H2,1-2H3,(H,24,25,27). The molecule has 1 aliphatic rings.